The lowest BCUT2D eigenvalue weighted by Crippen LogP contribution is -2.06. The predicted octanol–water partition coefficient (Wildman–Crippen LogP) is 0.400. The van der Waals surface area contributed by atoms with Gasteiger partial charge in [0, 0.05) is 18.8 Å². The molecule has 1 atom stereocenters. The van der Waals surface area contributed by atoms with Crippen molar-refractivity contribution in [2.24, 2.45) is 0 Å². The third-order valence-corrected chi connectivity index (χ3v) is 1.10. The highest BCUT2D eigenvalue weighted by molar-refractivity contribution is 4.89. The van der Waals surface area contributed by atoms with Crippen LogP contribution in [-0.2, 0) is 6.42 Å². The highest BCUT2D eigenvalue weighted by atomic mass is 16.3. The topological polar surface area (TPSA) is 46.0 Å². The SMILES string of the molecule is C[C@H](O)Cc1ncccn1. The van der Waals surface area contributed by atoms with Gasteiger partial charge < -0.3 is 5.11 Å². The first kappa shape index (κ1) is 7.15. The van der Waals surface area contributed by atoms with E-state index in [1.54, 1.807) is 25.4 Å². The van der Waals surface area contributed by atoms with Crippen molar-refractivity contribution < 1.29 is 5.11 Å². The zero-order valence-corrected chi connectivity index (χ0v) is 5.86. The number of hydrogen-bond acceptors (Lipinski definition) is 3. The van der Waals surface area contributed by atoms with Crippen LogP contribution in [0.4, 0.5) is 0 Å². The fourth-order valence-electron chi connectivity index (χ4n) is 0.700. The molecule has 0 saturated carbocycles. The highest BCUT2D eigenvalue weighted by Gasteiger charge is 1.98. The molecule has 1 aromatic rings. The van der Waals surface area contributed by atoms with Crippen molar-refractivity contribution in [3.8, 4) is 0 Å². The van der Waals surface area contributed by atoms with Crippen LogP contribution in [0.3, 0.4) is 0 Å². The standard InChI is InChI=1S/C7H10N2O/c1-6(10)5-7-8-3-2-4-9-7/h2-4,6,10H,5H2,1H3/t6-/m0/s1. The van der Waals surface area contributed by atoms with Crippen LogP contribution in [-0.4, -0.2) is 21.2 Å². The largest absolute Gasteiger partial charge is 0.393 e. The van der Waals surface area contributed by atoms with Gasteiger partial charge in [0.15, 0.2) is 0 Å². The summed E-state index contributed by atoms with van der Waals surface area (Å²) in [6.45, 7) is 1.72. The minimum Gasteiger partial charge on any atom is -0.393 e. The first-order chi connectivity index (χ1) is 4.79. The van der Waals surface area contributed by atoms with Crippen LogP contribution >= 0.6 is 0 Å². The van der Waals surface area contributed by atoms with Crippen LogP contribution in [0.15, 0.2) is 18.5 Å². The molecule has 1 N–H and O–H groups in total. The lowest BCUT2D eigenvalue weighted by molar-refractivity contribution is 0.193. The van der Waals surface area contributed by atoms with E-state index in [1.165, 1.54) is 0 Å². The van der Waals surface area contributed by atoms with Gasteiger partial charge in [-0.25, -0.2) is 9.97 Å². The fourth-order valence-corrected chi connectivity index (χ4v) is 0.700. The first-order valence-corrected chi connectivity index (χ1v) is 3.23. The van der Waals surface area contributed by atoms with Crippen LogP contribution in [0.25, 0.3) is 0 Å². The van der Waals surface area contributed by atoms with E-state index in [4.69, 9.17) is 5.11 Å². The molecule has 3 nitrogen and oxygen atoms in total. The third-order valence-electron chi connectivity index (χ3n) is 1.10. The van der Waals surface area contributed by atoms with E-state index in [-0.39, 0.29) is 6.10 Å². The Labute approximate surface area is 59.8 Å². The molecule has 0 aliphatic heterocycles. The minimum atomic E-state index is -0.359. The Morgan fingerprint density at radius 2 is 2.10 bits per heavy atom. The highest BCUT2D eigenvalue weighted by Crippen LogP contribution is 1.92. The second-order valence-corrected chi connectivity index (χ2v) is 2.22. The van der Waals surface area contributed by atoms with E-state index in [1.807, 2.05) is 0 Å². The molecule has 0 saturated heterocycles. The van der Waals surface area contributed by atoms with Crippen molar-refractivity contribution in [3.05, 3.63) is 24.3 Å². The number of aliphatic hydroxyl groups is 1. The number of aromatic nitrogens is 2. The second-order valence-electron chi connectivity index (χ2n) is 2.22. The van der Waals surface area contributed by atoms with E-state index in [0.29, 0.717) is 12.2 Å². The average molecular weight is 138 g/mol. The van der Waals surface area contributed by atoms with Gasteiger partial charge in [0.2, 0.25) is 0 Å². The fraction of sp³-hybridized carbons (Fsp3) is 0.429. The van der Waals surface area contributed by atoms with E-state index in [2.05, 4.69) is 9.97 Å². The van der Waals surface area contributed by atoms with Crippen molar-refractivity contribution in [1.82, 2.24) is 9.97 Å². The summed E-state index contributed by atoms with van der Waals surface area (Å²) in [5, 5.41) is 8.93. The van der Waals surface area contributed by atoms with Crippen molar-refractivity contribution in [1.29, 1.82) is 0 Å². The molecule has 0 radical (unpaired) electrons. The normalized spacial score (nSPS) is 13.0. The summed E-state index contributed by atoms with van der Waals surface area (Å²) >= 11 is 0. The van der Waals surface area contributed by atoms with Gasteiger partial charge in [-0.1, -0.05) is 0 Å². The van der Waals surface area contributed by atoms with Crippen molar-refractivity contribution in [3.63, 3.8) is 0 Å². The molecule has 54 valence electrons. The zero-order chi connectivity index (χ0) is 7.40. The van der Waals surface area contributed by atoms with Crippen molar-refractivity contribution >= 4 is 0 Å². The van der Waals surface area contributed by atoms with Gasteiger partial charge in [-0.05, 0) is 13.0 Å². The summed E-state index contributed by atoms with van der Waals surface area (Å²) in [7, 11) is 0. The van der Waals surface area contributed by atoms with Gasteiger partial charge in [-0.3, -0.25) is 0 Å². The van der Waals surface area contributed by atoms with Gasteiger partial charge in [0.1, 0.15) is 5.82 Å². The van der Waals surface area contributed by atoms with Crippen molar-refractivity contribution in [2.45, 2.75) is 19.4 Å². The number of nitrogens with zero attached hydrogens (tertiary/aromatic N) is 2. The molecule has 0 fully saturated rings. The Kier molecular flexibility index (Phi) is 2.34. The maximum absolute atomic E-state index is 8.93. The number of hydrogen-bond donors (Lipinski definition) is 1. The molecule has 1 heterocycles. The molecule has 0 bridgehead atoms. The molecule has 0 aromatic carbocycles. The monoisotopic (exact) mass is 138 g/mol. The Morgan fingerprint density at radius 1 is 1.50 bits per heavy atom. The molecule has 3 heteroatoms. The van der Waals surface area contributed by atoms with Gasteiger partial charge in [-0.15, -0.1) is 0 Å². The lowest BCUT2D eigenvalue weighted by atomic mass is 10.3. The molecule has 1 aromatic heterocycles. The first-order valence-electron chi connectivity index (χ1n) is 3.23. The second kappa shape index (κ2) is 3.27. The molecule has 0 aliphatic carbocycles. The summed E-state index contributed by atoms with van der Waals surface area (Å²) in [4.78, 5) is 7.90. The van der Waals surface area contributed by atoms with Crippen LogP contribution in [0, 0.1) is 0 Å². The zero-order valence-electron chi connectivity index (χ0n) is 5.86. The summed E-state index contributed by atoms with van der Waals surface area (Å²) in [5.41, 5.74) is 0. The van der Waals surface area contributed by atoms with Crippen LogP contribution < -0.4 is 0 Å². The predicted molar refractivity (Wildman–Crippen MR) is 37.4 cm³/mol. The maximum Gasteiger partial charge on any atom is 0.130 e. The van der Waals surface area contributed by atoms with E-state index >= 15 is 0 Å². The van der Waals surface area contributed by atoms with Gasteiger partial charge in [0.25, 0.3) is 0 Å². The quantitative estimate of drug-likeness (QED) is 0.643. The molecule has 0 amide bonds. The average Bonchev–Trinajstić information content (AvgIpc) is 1.88. The number of aliphatic hydroxyl groups excluding tert-OH is 1. The summed E-state index contributed by atoms with van der Waals surface area (Å²) in [6, 6.07) is 1.76. The van der Waals surface area contributed by atoms with E-state index < -0.39 is 0 Å². The Bertz CT molecular complexity index is 186. The van der Waals surface area contributed by atoms with Gasteiger partial charge in [-0.2, -0.15) is 0 Å². The molecule has 1 rings (SSSR count). The molecule has 0 spiro atoms. The summed E-state index contributed by atoms with van der Waals surface area (Å²) < 4.78 is 0. The maximum atomic E-state index is 8.93. The van der Waals surface area contributed by atoms with Crippen LogP contribution in [0.1, 0.15) is 12.7 Å². The smallest absolute Gasteiger partial charge is 0.130 e. The Hall–Kier alpha value is -0.960. The Balaban J connectivity index is 2.59. The molecular weight excluding hydrogens is 128 g/mol. The molecular formula is C7H10N2O. The van der Waals surface area contributed by atoms with E-state index in [0.717, 1.165) is 0 Å². The number of rotatable bonds is 2. The summed E-state index contributed by atoms with van der Waals surface area (Å²) in [5.74, 6) is 0.692. The molecule has 10 heavy (non-hydrogen) atoms. The van der Waals surface area contributed by atoms with Crippen molar-refractivity contribution in [2.75, 3.05) is 0 Å². The summed E-state index contributed by atoms with van der Waals surface area (Å²) in [6.07, 6.45) is 3.51. The van der Waals surface area contributed by atoms with Crippen LogP contribution in [0.5, 0.6) is 0 Å². The van der Waals surface area contributed by atoms with Crippen LogP contribution in [0.2, 0.25) is 0 Å². The minimum absolute atomic E-state index is 0.359. The molecule has 0 aliphatic rings. The lowest BCUT2D eigenvalue weighted by Gasteiger charge is -1.99. The molecule has 0 unspecified atom stereocenters. The van der Waals surface area contributed by atoms with E-state index in [9.17, 15) is 0 Å². The Morgan fingerprint density at radius 3 is 2.60 bits per heavy atom. The van der Waals surface area contributed by atoms with Gasteiger partial charge in [0.05, 0.1) is 6.10 Å². The third kappa shape index (κ3) is 2.11. The van der Waals surface area contributed by atoms with Gasteiger partial charge >= 0.3 is 0 Å².